The number of carbonyl (C=O) groups is 2. The van der Waals surface area contributed by atoms with E-state index >= 15 is 0 Å². The Morgan fingerprint density at radius 1 is 1.04 bits per heavy atom. The van der Waals surface area contributed by atoms with Gasteiger partial charge in [-0.15, -0.1) is 0 Å². The Kier molecular flexibility index (Phi) is 5.44. The lowest BCUT2D eigenvalue weighted by Gasteiger charge is -2.29. The highest BCUT2D eigenvalue weighted by atomic mass is 16.5. The first-order valence-electron chi connectivity index (χ1n) is 8.32. The first-order valence-corrected chi connectivity index (χ1v) is 8.32. The Balaban J connectivity index is 1.54. The molecule has 24 heavy (non-hydrogen) atoms. The van der Waals surface area contributed by atoms with Crippen molar-refractivity contribution in [2.75, 3.05) is 30.4 Å². The minimum atomic E-state index is -0.363. The van der Waals surface area contributed by atoms with Crippen LogP contribution in [0.4, 0.5) is 11.4 Å². The third-order valence-electron chi connectivity index (χ3n) is 4.24. The Morgan fingerprint density at radius 3 is 2.29 bits per heavy atom. The van der Waals surface area contributed by atoms with Gasteiger partial charge in [-0.3, -0.25) is 9.59 Å². The fraction of sp³-hybridized carbons (Fsp3) is 0.529. The Hall–Kier alpha value is -1.96. The molecular formula is C17H23N3O4. The standard InChI is InChI=1S/C17H23N3O4/c1-11-15(18-8-10-23-11)17(22)20-13-6-4-12(5-7-13)19-16(21)14-3-2-9-24-14/h4-7,11,14-15,18H,2-3,8-10H2,1H3,(H,19,21)(H,20,22)/t11-,14?,15+/m1/s1. The van der Waals surface area contributed by atoms with Crippen LogP contribution in [0.5, 0.6) is 0 Å². The quantitative estimate of drug-likeness (QED) is 0.768. The van der Waals surface area contributed by atoms with Crippen molar-refractivity contribution in [1.29, 1.82) is 0 Å². The summed E-state index contributed by atoms with van der Waals surface area (Å²) in [6.07, 6.45) is 1.15. The smallest absolute Gasteiger partial charge is 0.253 e. The third-order valence-corrected chi connectivity index (χ3v) is 4.24. The van der Waals surface area contributed by atoms with Crippen LogP contribution in [-0.2, 0) is 19.1 Å². The molecular weight excluding hydrogens is 310 g/mol. The van der Waals surface area contributed by atoms with Gasteiger partial charge in [0.15, 0.2) is 0 Å². The zero-order valence-corrected chi connectivity index (χ0v) is 13.7. The lowest BCUT2D eigenvalue weighted by atomic mass is 10.1. The molecule has 2 fully saturated rings. The molecule has 2 saturated heterocycles. The molecule has 0 radical (unpaired) electrons. The van der Waals surface area contributed by atoms with E-state index in [1.807, 2.05) is 6.92 Å². The van der Waals surface area contributed by atoms with E-state index in [1.54, 1.807) is 24.3 Å². The molecule has 0 bridgehead atoms. The normalized spacial score (nSPS) is 26.8. The van der Waals surface area contributed by atoms with E-state index in [9.17, 15) is 9.59 Å². The highest BCUT2D eigenvalue weighted by molar-refractivity contribution is 5.96. The fourth-order valence-electron chi connectivity index (χ4n) is 2.89. The number of morpholine rings is 1. The van der Waals surface area contributed by atoms with Gasteiger partial charge in [0.05, 0.1) is 12.7 Å². The van der Waals surface area contributed by atoms with Crippen LogP contribution < -0.4 is 16.0 Å². The molecule has 130 valence electrons. The summed E-state index contributed by atoms with van der Waals surface area (Å²) in [5.41, 5.74) is 1.36. The van der Waals surface area contributed by atoms with Gasteiger partial charge in [0.25, 0.3) is 5.91 Å². The number of hydrogen-bond acceptors (Lipinski definition) is 5. The van der Waals surface area contributed by atoms with Crippen LogP contribution in [0.25, 0.3) is 0 Å². The van der Waals surface area contributed by atoms with Crippen LogP contribution in [0.3, 0.4) is 0 Å². The van der Waals surface area contributed by atoms with E-state index in [2.05, 4.69) is 16.0 Å². The minimum absolute atomic E-state index is 0.123. The van der Waals surface area contributed by atoms with Gasteiger partial charge in [-0.05, 0) is 44.0 Å². The molecule has 7 heteroatoms. The molecule has 2 amide bonds. The number of rotatable bonds is 4. The van der Waals surface area contributed by atoms with Crippen LogP contribution in [0.15, 0.2) is 24.3 Å². The molecule has 1 aromatic carbocycles. The van der Waals surface area contributed by atoms with Crippen LogP contribution in [0.1, 0.15) is 19.8 Å². The van der Waals surface area contributed by atoms with Crippen LogP contribution >= 0.6 is 0 Å². The van der Waals surface area contributed by atoms with Gasteiger partial charge in [0.2, 0.25) is 5.91 Å². The Bertz CT molecular complexity index is 584. The van der Waals surface area contributed by atoms with Gasteiger partial charge in [-0.2, -0.15) is 0 Å². The number of hydrogen-bond donors (Lipinski definition) is 3. The van der Waals surface area contributed by atoms with Gasteiger partial charge in [0.1, 0.15) is 12.1 Å². The average Bonchev–Trinajstić information content (AvgIpc) is 3.11. The zero-order valence-electron chi connectivity index (χ0n) is 13.7. The summed E-state index contributed by atoms with van der Waals surface area (Å²) in [7, 11) is 0. The minimum Gasteiger partial charge on any atom is -0.375 e. The Morgan fingerprint density at radius 2 is 1.71 bits per heavy atom. The molecule has 3 N–H and O–H groups in total. The third kappa shape index (κ3) is 4.11. The molecule has 0 spiro atoms. The van der Waals surface area contributed by atoms with Crippen molar-refractivity contribution in [1.82, 2.24) is 5.32 Å². The topological polar surface area (TPSA) is 88.7 Å². The fourth-order valence-corrected chi connectivity index (χ4v) is 2.89. The van der Waals surface area contributed by atoms with E-state index in [0.29, 0.717) is 31.1 Å². The number of benzene rings is 1. The van der Waals surface area contributed by atoms with E-state index in [4.69, 9.17) is 9.47 Å². The van der Waals surface area contributed by atoms with Gasteiger partial charge < -0.3 is 25.4 Å². The highest BCUT2D eigenvalue weighted by Crippen LogP contribution is 2.18. The van der Waals surface area contributed by atoms with Crippen molar-refractivity contribution in [3.63, 3.8) is 0 Å². The van der Waals surface area contributed by atoms with Crippen LogP contribution in [0.2, 0.25) is 0 Å². The predicted octanol–water partition coefficient (Wildman–Crippen LogP) is 1.12. The lowest BCUT2D eigenvalue weighted by molar-refractivity contribution is -0.125. The molecule has 2 aliphatic heterocycles. The van der Waals surface area contributed by atoms with Crippen molar-refractivity contribution in [2.45, 2.75) is 38.0 Å². The Labute approximate surface area is 141 Å². The average molecular weight is 333 g/mol. The molecule has 0 aliphatic carbocycles. The number of amides is 2. The van der Waals surface area contributed by atoms with Gasteiger partial charge in [0, 0.05) is 24.5 Å². The van der Waals surface area contributed by atoms with E-state index in [-0.39, 0.29) is 30.1 Å². The summed E-state index contributed by atoms with van der Waals surface area (Å²) in [4.78, 5) is 24.3. The molecule has 0 saturated carbocycles. The van der Waals surface area contributed by atoms with Gasteiger partial charge in [-0.1, -0.05) is 0 Å². The summed E-state index contributed by atoms with van der Waals surface area (Å²) < 4.78 is 10.8. The molecule has 3 atom stereocenters. The van der Waals surface area contributed by atoms with Gasteiger partial charge >= 0.3 is 0 Å². The largest absolute Gasteiger partial charge is 0.375 e. The second-order valence-electron chi connectivity index (χ2n) is 6.07. The monoisotopic (exact) mass is 333 g/mol. The maximum absolute atomic E-state index is 12.3. The summed E-state index contributed by atoms with van der Waals surface area (Å²) >= 11 is 0. The molecule has 0 aromatic heterocycles. The summed E-state index contributed by atoms with van der Waals surface area (Å²) in [5.74, 6) is -0.250. The first kappa shape index (κ1) is 16.9. The lowest BCUT2D eigenvalue weighted by Crippen LogP contribution is -2.53. The number of anilines is 2. The van der Waals surface area contributed by atoms with Crippen molar-refractivity contribution in [2.24, 2.45) is 0 Å². The molecule has 3 rings (SSSR count). The molecule has 1 aromatic rings. The van der Waals surface area contributed by atoms with Crippen LogP contribution in [-0.4, -0.2) is 49.8 Å². The SMILES string of the molecule is C[C@H]1OCCN[C@@H]1C(=O)Nc1ccc(NC(=O)C2CCCO2)cc1. The maximum atomic E-state index is 12.3. The van der Waals surface area contributed by atoms with Crippen molar-refractivity contribution in [3.8, 4) is 0 Å². The van der Waals surface area contributed by atoms with Crippen molar-refractivity contribution < 1.29 is 19.1 Å². The zero-order chi connectivity index (χ0) is 16.9. The summed E-state index contributed by atoms with van der Waals surface area (Å²) in [6, 6.07) is 6.68. The second-order valence-corrected chi connectivity index (χ2v) is 6.07. The molecule has 2 heterocycles. The number of carbonyl (C=O) groups excluding carboxylic acids is 2. The maximum Gasteiger partial charge on any atom is 0.253 e. The van der Waals surface area contributed by atoms with Crippen molar-refractivity contribution in [3.05, 3.63) is 24.3 Å². The summed E-state index contributed by atoms with van der Waals surface area (Å²) in [6.45, 7) is 3.79. The van der Waals surface area contributed by atoms with E-state index < -0.39 is 0 Å². The molecule has 2 aliphatic rings. The predicted molar refractivity (Wildman–Crippen MR) is 89.9 cm³/mol. The first-order chi connectivity index (χ1) is 11.6. The van der Waals surface area contributed by atoms with Crippen LogP contribution in [0, 0.1) is 0 Å². The van der Waals surface area contributed by atoms with Gasteiger partial charge in [-0.25, -0.2) is 0 Å². The summed E-state index contributed by atoms with van der Waals surface area (Å²) in [5, 5.41) is 8.83. The van der Waals surface area contributed by atoms with E-state index in [0.717, 1.165) is 12.8 Å². The second kappa shape index (κ2) is 7.74. The number of nitrogens with one attached hydrogen (secondary N) is 3. The highest BCUT2D eigenvalue weighted by Gasteiger charge is 2.28. The van der Waals surface area contributed by atoms with Crippen molar-refractivity contribution >= 4 is 23.2 Å². The molecule has 1 unspecified atom stereocenters. The molecule has 7 nitrogen and oxygen atoms in total. The number of ether oxygens (including phenoxy) is 2. The van der Waals surface area contributed by atoms with E-state index in [1.165, 1.54) is 0 Å².